The monoisotopic (exact) mass is 181 g/mol. The summed E-state index contributed by atoms with van der Waals surface area (Å²) in [5.74, 6) is 0.748. The lowest BCUT2D eigenvalue weighted by Gasteiger charge is -2.05. The van der Waals surface area contributed by atoms with Crippen LogP contribution in [0.5, 0.6) is 0 Å². The van der Waals surface area contributed by atoms with Crippen molar-refractivity contribution in [2.45, 2.75) is 19.9 Å². The van der Waals surface area contributed by atoms with E-state index < -0.39 is 0 Å². The Labute approximate surface area is 78.1 Å². The molecule has 4 nitrogen and oxygen atoms in total. The highest BCUT2D eigenvalue weighted by Crippen LogP contribution is 2.16. The van der Waals surface area contributed by atoms with Gasteiger partial charge in [0.1, 0.15) is 0 Å². The average Bonchev–Trinajstić information content (AvgIpc) is 2.46. The Bertz CT molecular complexity index is 275. The Hall–Kier alpha value is -1.29. The highest BCUT2D eigenvalue weighted by molar-refractivity contribution is 5.84. The first-order valence-corrected chi connectivity index (χ1v) is 4.18. The molecule has 0 fully saturated rings. The van der Waals surface area contributed by atoms with Gasteiger partial charge in [-0.15, -0.1) is 5.48 Å². The molecule has 0 aliphatic carbocycles. The number of hydrogen-bond acceptors (Lipinski definition) is 4. The number of rotatable bonds is 2. The van der Waals surface area contributed by atoms with Crippen LogP contribution in [0.15, 0.2) is 28.1 Å². The zero-order chi connectivity index (χ0) is 9.84. The van der Waals surface area contributed by atoms with Gasteiger partial charge in [-0.05, 0) is 19.9 Å². The maximum absolute atomic E-state index is 5.69. The number of nitrogens with two attached hydrogens (primary N) is 1. The molecule has 13 heavy (non-hydrogen) atoms. The van der Waals surface area contributed by atoms with Gasteiger partial charge in [-0.1, -0.05) is 0 Å². The standard InChI is InChI=1S/C9H15N3O/c1-6-4-9(13-12-6)8(5-11-3)7(2)10/h4-6,12H,10H2,1-3H3. The van der Waals surface area contributed by atoms with Crippen LogP contribution in [-0.2, 0) is 4.84 Å². The zero-order valence-corrected chi connectivity index (χ0v) is 8.16. The largest absolute Gasteiger partial charge is 0.408 e. The number of nitrogens with one attached hydrogen (secondary N) is 1. The molecule has 0 aromatic heterocycles. The second-order valence-corrected chi connectivity index (χ2v) is 3.02. The van der Waals surface area contributed by atoms with Gasteiger partial charge in [0, 0.05) is 19.0 Å². The smallest absolute Gasteiger partial charge is 0.155 e. The molecular weight excluding hydrogens is 166 g/mol. The molecule has 0 saturated carbocycles. The van der Waals surface area contributed by atoms with Gasteiger partial charge in [0.05, 0.1) is 11.6 Å². The highest BCUT2D eigenvalue weighted by Gasteiger charge is 2.16. The van der Waals surface area contributed by atoms with E-state index in [0.717, 1.165) is 11.3 Å². The van der Waals surface area contributed by atoms with E-state index in [1.54, 1.807) is 13.3 Å². The summed E-state index contributed by atoms with van der Waals surface area (Å²) in [5.41, 5.74) is 10.0. The van der Waals surface area contributed by atoms with E-state index in [4.69, 9.17) is 10.6 Å². The zero-order valence-electron chi connectivity index (χ0n) is 8.16. The lowest BCUT2D eigenvalue weighted by atomic mass is 10.1. The molecule has 4 heteroatoms. The Morgan fingerprint density at radius 2 is 2.46 bits per heavy atom. The summed E-state index contributed by atoms with van der Waals surface area (Å²) in [5, 5.41) is 0. The van der Waals surface area contributed by atoms with Crippen molar-refractivity contribution in [3.05, 3.63) is 23.1 Å². The van der Waals surface area contributed by atoms with Crippen LogP contribution < -0.4 is 11.2 Å². The molecule has 0 amide bonds. The second-order valence-electron chi connectivity index (χ2n) is 3.02. The third kappa shape index (κ3) is 2.32. The van der Waals surface area contributed by atoms with Gasteiger partial charge in [0.15, 0.2) is 5.76 Å². The number of aliphatic imine (C=N–C) groups is 1. The fraction of sp³-hybridized carbons (Fsp3) is 0.444. The van der Waals surface area contributed by atoms with Gasteiger partial charge in [0.25, 0.3) is 0 Å². The quantitative estimate of drug-likeness (QED) is 0.617. The van der Waals surface area contributed by atoms with Gasteiger partial charge >= 0.3 is 0 Å². The van der Waals surface area contributed by atoms with Crippen LogP contribution in [0, 0.1) is 0 Å². The van der Waals surface area contributed by atoms with Gasteiger partial charge in [-0.25, -0.2) is 0 Å². The van der Waals surface area contributed by atoms with E-state index in [9.17, 15) is 0 Å². The van der Waals surface area contributed by atoms with E-state index in [-0.39, 0.29) is 6.04 Å². The predicted molar refractivity (Wildman–Crippen MR) is 53.1 cm³/mol. The summed E-state index contributed by atoms with van der Waals surface area (Å²) in [7, 11) is 1.70. The van der Waals surface area contributed by atoms with E-state index in [1.807, 2.05) is 19.9 Å². The minimum absolute atomic E-state index is 0.217. The molecule has 1 unspecified atom stereocenters. The topological polar surface area (TPSA) is 59.6 Å². The van der Waals surface area contributed by atoms with Crippen LogP contribution in [0.25, 0.3) is 0 Å². The molecule has 1 rings (SSSR count). The second kappa shape index (κ2) is 4.09. The van der Waals surface area contributed by atoms with Crippen molar-refractivity contribution in [2.24, 2.45) is 10.7 Å². The molecule has 72 valence electrons. The highest BCUT2D eigenvalue weighted by atomic mass is 16.7. The Balaban J connectivity index is 2.91. The van der Waals surface area contributed by atoms with E-state index in [0.29, 0.717) is 5.70 Å². The molecular formula is C9H15N3O. The third-order valence-corrected chi connectivity index (χ3v) is 1.70. The molecule has 0 radical (unpaired) electrons. The van der Waals surface area contributed by atoms with Crippen molar-refractivity contribution < 1.29 is 4.84 Å². The third-order valence-electron chi connectivity index (χ3n) is 1.70. The molecule has 3 N–H and O–H groups in total. The normalized spacial score (nSPS) is 24.2. The Morgan fingerprint density at radius 3 is 2.85 bits per heavy atom. The van der Waals surface area contributed by atoms with E-state index >= 15 is 0 Å². The SMILES string of the molecule is CN=CC(C1=CC(C)NO1)=C(C)N. The van der Waals surface area contributed by atoms with Crippen LogP contribution in [0.4, 0.5) is 0 Å². The summed E-state index contributed by atoms with van der Waals surface area (Å²) < 4.78 is 0. The van der Waals surface area contributed by atoms with Gasteiger partial charge < -0.3 is 10.6 Å². The first-order valence-electron chi connectivity index (χ1n) is 4.18. The fourth-order valence-electron chi connectivity index (χ4n) is 1.09. The van der Waals surface area contributed by atoms with Crippen LogP contribution in [0.1, 0.15) is 13.8 Å². The summed E-state index contributed by atoms with van der Waals surface area (Å²) in [4.78, 5) is 9.14. The molecule has 0 bridgehead atoms. The maximum Gasteiger partial charge on any atom is 0.155 e. The minimum Gasteiger partial charge on any atom is -0.408 e. The summed E-state index contributed by atoms with van der Waals surface area (Å²) in [6, 6.07) is 0.217. The summed E-state index contributed by atoms with van der Waals surface area (Å²) in [6.45, 7) is 3.82. The predicted octanol–water partition coefficient (Wildman–Crippen LogP) is 0.727. The van der Waals surface area contributed by atoms with Gasteiger partial charge in [-0.2, -0.15) is 0 Å². The van der Waals surface area contributed by atoms with Crippen molar-refractivity contribution in [3.8, 4) is 0 Å². The number of allylic oxidation sites excluding steroid dienone is 2. The van der Waals surface area contributed by atoms with Crippen LogP contribution >= 0.6 is 0 Å². The molecule has 1 aliphatic rings. The molecule has 0 aromatic carbocycles. The van der Waals surface area contributed by atoms with Crippen molar-refractivity contribution in [1.29, 1.82) is 0 Å². The number of hydrogen-bond donors (Lipinski definition) is 2. The van der Waals surface area contributed by atoms with Crippen molar-refractivity contribution in [3.63, 3.8) is 0 Å². The first kappa shape index (κ1) is 9.80. The summed E-state index contributed by atoms with van der Waals surface area (Å²) in [6.07, 6.45) is 3.66. The Morgan fingerprint density at radius 1 is 1.77 bits per heavy atom. The van der Waals surface area contributed by atoms with E-state index in [1.165, 1.54) is 0 Å². The molecule has 0 spiro atoms. The van der Waals surface area contributed by atoms with Crippen LogP contribution in [0.3, 0.4) is 0 Å². The molecule has 0 saturated heterocycles. The Kier molecular flexibility index (Phi) is 3.08. The maximum atomic E-state index is 5.69. The van der Waals surface area contributed by atoms with Crippen molar-refractivity contribution in [2.75, 3.05) is 7.05 Å². The van der Waals surface area contributed by atoms with Gasteiger partial charge in [0.2, 0.25) is 0 Å². The molecule has 1 aliphatic heterocycles. The first-order chi connectivity index (χ1) is 6.15. The lowest BCUT2D eigenvalue weighted by molar-refractivity contribution is 0.127. The van der Waals surface area contributed by atoms with Crippen LogP contribution in [0.2, 0.25) is 0 Å². The average molecular weight is 181 g/mol. The summed E-state index contributed by atoms with van der Waals surface area (Å²) >= 11 is 0. The molecule has 1 heterocycles. The van der Waals surface area contributed by atoms with Crippen molar-refractivity contribution >= 4 is 6.21 Å². The minimum atomic E-state index is 0.217. The molecule has 1 atom stereocenters. The lowest BCUT2D eigenvalue weighted by Crippen LogP contribution is -2.16. The number of nitrogens with zero attached hydrogens (tertiary/aromatic N) is 1. The molecule has 0 aromatic rings. The van der Waals surface area contributed by atoms with Crippen LogP contribution in [-0.4, -0.2) is 19.3 Å². The van der Waals surface area contributed by atoms with E-state index in [2.05, 4.69) is 10.5 Å². The number of hydroxylamine groups is 1. The van der Waals surface area contributed by atoms with Gasteiger partial charge in [-0.3, -0.25) is 4.99 Å². The van der Waals surface area contributed by atoms with Crippen molar-refractivity contribution in [1.82, 2.24) is 5.48 Å². The fourth-order valence-corrected chi connectivity index (χ4v) is 1.09.